The molecule has 0 aromatic heterocycles. The average molecular weight is 228 g/mol. The fourth-order valence-corrected chi connectivity index (χ4v) is 1.79. The lowest BCUT2D eigenvalue weighted by Crippen LogP contribution is -2.43. The average Bonchev–Trinajstić information content (AvgIpc) is 2.59. The minimum Gasteiger partial charge on any atom is -0.444 e. The number of hydrogen-bond acceptors (Lipinski definition) is 3. The molecule has 5 nitrogen and oxygen atoms in total. The fourth-order valence-electron chi connectivity index (χ4n) is 1.79. The first-order valence-electron chi connectivity index (χ1n) is 5.60. The molecule has 5 heteroatoms. The van der Waals surface area contributed by atoms with E-state index >= 15 is 0 Å². The Balaban J connectivity index is 2.50. The summed E-state index contributed by atoms with van der Waals surface area (Å²) in [4.78, 5) is 23.7. The monoisotopic (exact) mass is 228 g/mol. The highest BCUT2D eigenvalue weighted by Crippen LogP contribution is 2.20. The number of carbonyl (C=O) groups excluding carboxylic acids is 2. The Bertz CT molecular complexity index is 260. The summed E-state index contributed by atoms with van der Waals surface area (Å²) in [5.41, 5.74) is -0.470. The molecule has 1 saturated heterocycles. The summed E-state index contributed by atoms with van der Waals surface area (Å²) in [6.45, 7) is 6.75. The number of nitrogens with one attached hydrogen (secondary N) is 1. The molecule has 0 radical (unpaired) electrons. The van der Waals surface area contributed by atoms with Gasteiger partial charge in [-0.15, -0.1) is 0 Å². The molecule has 0 aliphatic carbocycles. The first-order valence-corrected chi connectivity index (χ1v) is 5.60. The van der Waals surface area contributed by atoms with E-state index in [0.717, 1.165) is 12.8 Å². The molecule has 0 spiro atoms. The smallest absolute Gasteiger partial charge is 0.410 e. The lowest BCUT2D eigenvalue weighted by molar-refractivity contribution is -0.109. The molecule has 1 rings (SSSR count). The van der Waals surface area contributed by atoms with Crippen molar-refractivity contribution in [2.75, 3.05) is 13.1 Å². The molecule has 1 aliphatic rings. The van der Waals surface area contributed by atoms with E-state index in [0.29, 0.717) is 19.5 Å². The molecule has 92 valence electrons. The summed E-state index contributed by atoms with van der Waals surface area (Å²) >= 11 is 0. The molecule has 1 atom stereocenters. The predicted molar refractivity (Wildman–Crippen MR) is 60.0 cm³/mol. The quantitative estimate of drug-likeness (QED) is 0.737. The first-order chi connectivity index (χ1) is 7.44. The highest BCUT2D eigenvalue weighted by atomic mass is 16.6. The van der Waals surface area contributed by atoms with Crippen LogP contribution in [-0.4, -0.2) is 42.1 Å². The van der Waals surface area contributed by atoms with E-state index in [1.54, 1.807) is 4.90 Å². The third kappa shape index (κ3) is 3.72. The van der Waals surface area contributed by atoms with Crippen molar-refractivity contribution in [1.82, 2.24) is 10.2 Å². The zero-order valence-electron chi connectivity index (χ0n) is 10.2. The lowest BCUT2D eigenvalue weighted by atomic mass is 10.2. The van der Waals surface area contributed by atoms with Gasteiger partial charge in [-0.3, -0.25) is 4.79 Å². The number of amides is 2. The van der Waals surface area contributed by atoms with Crippen LogP contribution in [0.5, 0.6) is 0 Å². The minimum atomic E-state index is -0.470. The van der Waals surface area contributed by atoms with Crippen LogP contribution in [0.2, 0.25) is 0 Å². The van der Waals surface area contributed by atoms with E-state index in [9.17, 15) is 9.59 Å². The molecule has 1 heterocycles. The maximum absolute atomic E-state index is 11.8. The van der Waals surface area contributed by atoms with Gasteiger partial charge in [0, 0.05) is 13.1 Å². The van der Waals surface area contributed by atoms with Crippen molar-refractivity contribution in [3.8, 4) is 0 Å². The predicted octanol–water partition coefficient (Wildman–Crippen LogP) is 1.13. The second kappa shape index (κ2) is 5.18. The number of ether oxygens (including phenoxy) is 1. The van der Waals surface area contributed by atoms with Crippen LogP contribution in [0.1, 0.15) is 33.6 Å². The van der Waals surface area contributed by atoms with Gasteiger partial charge in [0.25, 0.3) is 0 Å². The van der Waals surface area contributed by atoms with Gasteiger partial charge in [0.2, 0.25) is 6.41 Å². The van der Waals surface area contributed by atoms with E-state index in [2.05, 4.69) is 5.32 Å². The van der Waals surface area contributed by atoms with Gasteiger partial charge in [-0.1, -0.05) is 0 Å². The van der Waals surface area contributed by atoms with E-state index in [1.165, 1.54) is 0 Å². The molecule has 16 heavy (non-hydrogen) atoms. The van der Waals surface area contributed by atoms with Crippen LogP contribution in [0, 0.1) is 0 Å². The van der Waals surface area contributed by atoms with Gasteiger partial charge in [0.05, 0.1) is 6.04 Å². The number of nitrogens with zero attached hydrogens (tertiary/aromatic N) is 1. The first kappa shape index (κ1) is 12.8. The maximum atomic E-state index is 11.8. The summed E-state index contributed by atoms with van der Waals surface area (Å²) in [6.07, 6.45) is 2.25. The molecular weight excluding hydrogens is 208 g/mol. The standard InChI is InChI=1S/C11H20N2O3/c1-11(2,3)16-10(15)13-6-4-5-9(13)7-12-8-14/h8-9H,4-7H2,1-3H3,(H,12,14)/t9-/m1/s1. The summed E-state index contributed by atoms with van der Waals surface area (Å²) in [6, 6.07) is 0.0695. The van der Waals surface area contributed by atoms with Gasteiger partial charge in [-0.05, 0) is 33.6 Å². The van der Waals surface area contributed by atoms with Crippen LogP contribution >= 0.6 is 0 Å². The Labute approximate surface area is 96.1 Å². The molecule has 0 bridgehead atoms. The SMILES string of the molecule is CC(C)(C)OC(=O)N1CCC[C@@H]1CNC=O. The Hall–Kier alpha value is -1.26. The van der Waals surface area contributed by atoms with Crippen molar-refractivity contribution >= 4 is 12.5 Å². The third-order valence-corrected chi connectivity index (χ3v) is 2.44. The number of likely N-dealkylation sites (tertiary alicyclic amines) is 1. The zero-order chi connectivity index (χ0) is 12.2. The van der Waals surface area contributed by atoms with Crippen molar-refractivity contribution in [2.45, 2.75) is 45.3 Å². The summed E-state index contributed by atoms with van der Waals surface area (Å²) in [5.74, 6) is 0. The van der Waals surface area contributed by atoms with Gasteiger partial charge in [0.1, 0.15) is 5.60 Å². The largest absolute Gasteiger partial charge is 0.444 e. The Morgan fingerprint density at radius 1 is 1.56 bits per heavy atom. The summed E-state index contributed by atoms with van der Waals surface area (Å²) in [7, 11) is 0. The van der Waals surface area contributed by atoms with Crippen molar-refractivity contribution in [3.63, 3.8) is 0 Å². The topological polar surface area (TPSA) is 58.6 Å². The highest BCUT2D eigenvalue weighted by Gasteiger charge is 2.31. The normalized spacial score (nSPS) is 20.7. The van der Waals surface area contributed by atoms with Gasteiger partial charge in [-0.25, -0.2) is 4.79 Å². The van der Waals surface area contributed by atoms with E-state index in [-0.39, 0.29) is 12.1 Å². The van der Waals surface area contributed by atoms with E-state index in [1.807, 2.05) is 20.8 Å². The summed E-state index contributed by atoms with van der Waals surface area (Å²) < 4.78 is 5.30. The lowest BCUT2D eigenvalue weighted by Gasteiger charge is -2.28. The van der Waals surface area contributed by atoms with Crippen molar-refractivity contribution < 1.29 is 14.3 Å². The Morgan fingerprint density at radius 3 is 2.81 bits per heavy atom. The molecule has 0 unspecified atom stereocenters. The number of hydrogen-bond donors (Lipinski definition) is 1. The van der Waals surface area contributed by atoms with E-state index in [4.69, 9.17) is 4.74 Å². The second-order valence-electron chi connectivity index (χ2n) is 5.00. The molecule has 1 aliphatic heterocycles. The van der Waals surface area contributed by atoms with Crippen molar-refractivity contribution in [3.05, 3.63) is 0 Å². The van der Waals surface area contributed by atoms with Crippen LogP contribution in [0.15, 0.2) is 0 Å². The van der Waals surface area contributed by atoms with Crippen LogP contribution < -0.4 is 5.32 Å². The van der Waals surface area contributed by atoms with Crippen LogP contribution in [-0.2, 0) is 9.53 Å². The minimum absolute atomic E-state index is 0.0695. The molecule has 2 amide bonds. The molecule has 0 saturated carbocycles. The number of rotatable bonds is 3. The molecule has 0 aromatic rings. The van der Waals surface area contributed by atoms with Gasteiger partial charge in [-0.2, -0.15) is 0 Å². The fraction of sp³-hybridized carbons (Fsp3) is 0.818. The van der Waals surface area contributed by atoms with Crippen molar-refractivity contribution in [2.24, 2.45) is 0 Å². The van der Waals surface area contributed by atoms with Crippen LogP contribution in [0.25, 0.3) is 0 Å². The van der Waals surface area contributed by atoms with E-state index < -0.39 is 5.60 Å². The molecule has 1 N–H and O–H groups in total. The second-order valence-corrected chi connectivity index (χ2v) is 5.00. The highest BCUT2D eigenvalue weighted by molar-refractivity contribution is 5.69. The van der Waals surface area contributed by atoms with Gasteiger partial charge in [0.15, 0.2) is 0 Å². The third-order valence-electron chi connectivity index (χ3n) is 2.44. The van der Waals surface area contributed by atoms with Gasteiger partial charge < -0.3 is 15.0 Å². The molecule has 0 aromatic carbocycles. The Morgan fingerprint density at radius 2 is 2.25 bits per heavy atom. The summed E-state index contributed by atoms with van der Waals surface area (Å²) in [5, 5.41) is 2.61. The van der Waals surface area contributed by atoms with Crippen LogP contribution in [0.4, 0.5) is 4.79 Å². The van der Waals surface area contributed by atoms with Crippen LogP contribution in [0.3, 0.4) is 0 Å². The Kier molecular flexibility index (Phi) is 4.15. The van der Waals surface area contributed by atoms with Gasteiger partial charge >= 0.3 is 6.09 Å². The molecular formula is C11H20N2O3. The van der Waals surface area contributed by atoms with Crippen molar-refractivity contribution in [1.29, 1.82) is 0 Å². The maximum Gasteiger partial charge on any atom is 0.410 e. The molecule has 1 fully saturated rings. The number of carbonyl (C=O) groups is 2. The zero-order valence-corrected chi connectivity index (χ0v) is 10.2.